The number of nitrogens with one attached hydrogen (secondary N) is 1. The summed E-state index contributed by atoms with van der Waals surface area (Å²) in [6, 6.07) is -2.25. The Labute approximate surface area is 173 Å². The fourth-order valence-corrected chi connectivity index (χ4v) is 4.25. The highest BCUT2D eigenvalue weighted by atomic mass is 16.6. The molecule has 1 aliphatic heterocycles. The molecule has 2 amide bonds. The molecule has 29 heavy (non-hydrogen) atoms. The molecule has 1 heterocycles. The van der Waals surface area contributed by atoms with E-state index in [4.69, 9.17) is 9.47 Å². The highest BCUT2D eigenvalue weighted by Crippen LogP contribution is 2.39. The summed E-state index contributed by atoms with van der Waals surface area (Å²) in [7, 11) is 1.55. The number of Topliss-reactive ketones (excluding diaryl/α,β-unsaturated/α-hetero) is 1. The number of aldehydes is 1. The van der Waals surface area contributed by atoms with Crippen LogP contribution in [0.3, 0.4) is 0 Å². The zero-order valence-electron chi connectivity index (χ0n) is 18.9. The molecule has 8 nitrogen and oxygen atoms in total. The van der Waals surface area contributed by atoms with Gasteiger partial charge < -0.3 is 19.6 Å². The number of ketones is 1. The van der Waals surface area contributed by atoms with Gasteiger partial charge in [0.15, 0.2) is 5.78 Å². The van der Waals surface area contributed by atoms with Gasteiger partial charge in [0.25, 0.3) is 0 Å². The summed E-state index contributed by atoms with van der Waals surface area (Å²) in [4.78, 5) is 50.8. The maximum Gasteiger partial charge on any atom is 0.411 e. The molecule has 1 fully saturated rings. The molecule has 0 spiro atoms. The second-order valence-electron chi connectivity index (χ2n) is 8.69. The Hall–Kier alpha value is -1.96. The average Bonchev–Trinajstić information content (AvgIpc) is 3.00. The molecule has 0 aliphatic carbocycles. The van der Waals surface area contributed by atoms with Gasteiger partial charge in [0.2, 0.25) is 5.91 Å². The fourth-order valence-electron chi connectivity index (χ4n) is 4.25. The minimum atomic E-state index is -0.816. The molecular formula is C21H36N2O6. The van der Waals surface area contributed by atoms with Crippen LogP contribution in [0.1, 0.15) is 67.7 Å². The van der Waals surface area contributed by atoms with Crippen LogP contribution in [-0.4, -0.2) is 65.4 Å². The van der Waals surface area contributed by atoms with Crippen molar-refractivity contribution in [2.24, 2.45) is 5.92 Å². The van der Waals surface area contributed by atoms with Gasteiger partial charge >= 0.3 is 6.09 Å². The Kier molecular flexibility index (Phi) is 8.38. The molecule has 4 unspecified atom stereocenters. The first kappa shape index (κ1) is 25.1. The van der Waals surface area contributed by atoms with E-state index in [1.807, 2.05) is 13.8 Å². The molecule has 8 heteroatoms. The third kappa shape index (κ3) is 5.56. The minimum Gasteiger partial charge on any atom is -0.444 e. The lowest BCUT2D eigenvalue weighted by atomic mass is 9.79. The first-order valence-corrected chi connectivity index (χ1v) is 10.2. The normalized spacial score (nSPS) is 23.4. The molecule has 1 N–H and O–H groups in total. The van der Waals surface area contributed by atoms with Gasteiger partial charge in [-0.05, 0) is 47.0 Å². The van der Waals surface area contributed by atoms with Crippen LogP contribution in [-0.2, 0) is 23.9 Å². The van der Waals surface area contributed by atoms with E-state index in [1.165, 1.54) is 18.7 Å². The van der Waals surface area contributed by atoms with Crippen molar-refractivity contribution >= 4 is 24.1 Å². The smallest absolute Gasteiger partial charge is 0.411 e. The van der Waals surface area contributed by atoms with Gasteiger partial charge in [-0.25, -0.2) is 4.79 Å². The molecule has 0 aromatic heterocycles. The van der Waals surface area contributed by atoms with Gasteiger partial charge in [-0.3, -0.25) is 14.5 Å². The predicted molar refractivity (Wildman–Crippen MR) is 108 cm³/mol. The van der Waals surface area contributed by atoms with E-state index < -0.39 is 41.3 Å². The van der Waals surface area contributed by atoms with Crippen LogP contribution in [0, 0.1) is 5.92 Å². The third-order valence-corrected chi connectivity index (χ3v) is 5.71. The van der Waals surface area contributed by atoms with Crippen molar-refractivity contribution in [2.75, 3.05) is 7.11 Å². The molecule has 166 valence electrons. The van der Waals surface area contributed by atoms with E-state index in [-0.39, 0.29) is 18.1 Å². The second-order valence-corrected chi connectivity index (χ2v) is 8.69. The van der Waals surface area contributed by atoms with Crippen molar-refractivity contribution in [2.45, 2.75) is 97.1 Å². The number of methoxy groups -OCH3 is 1. The number of hydrogen-bond donors (Lipinski definition) is 1. The Bertz CT molecular complexity index is 615. The Morgan fingerprint density at radius 2 is 1.72 bits per heavy atom. The first-order chi connectivity index (χ1) is 13.4. The van der Waals surface area contributed by atoms with Crippen LogP contribution in [0.5, 0.6) is 0 Å². The summed E-state index contributed by atoms with van der Waals surface area (Å²) in [5.41, 5.74) is -1.59. The molecule has 0 bridgehead atoms. The van der Waals surface area contributed by atoms with E-state index in [9.17, 15) is 19.2 Å². The minimum absolute atomic E-state index is 0.187. The third-order valence-electron chi connectivity index (χ3n) is 5.71. The summed E-state index contributed by atoms with van der Waals surface area (Å²) in [5.74, 6) is -1.18. The molecule has 4 atom stereocenters. The molecule has 0 aromatic carbocycles. The zero-order chi connectivity index (χ0) is 22.6. The monoisotopic (exact) mass is 412 g/mol. The van der Waals surface area contributed by atoms with E-state index in [2.05, 4.69) is 5.32 Å². The molecule has 1 aliphatic rings. The van der Waals surface area contributed by atoms with Crippen molar-refractivity contribution < 1.29 is 28.7 Å². The number of carbonyl (C=O) groups is 4. The van der Waals surface area contributed by atoms with Gasteiger partial charge in [0.1, 0.15) is 11.9 Å². The number of rotatable bonds is 8. The van der Waals surface area contributed by atoms with Crippen LogP contribution in [0.2, 0.25) is 0 Å². The van der Waals surface area contributed by atoms with Crippen molar-refractivity contribution in [3.05, 3.63) is 0 Å². The largest absolute Gasteiger partial charge is 0.444 e. The lowest BCUT2D eigenvalue weighted by Crippen LogP contribution is -2.65. The maximum absolute atomic E-state index is 13.1. The van der Waals surface area contributed by atoms with E-state index in [1.54, 1.807) is 27.9 Å². The van der Waals surface area contributed by atoms with Gasteiger partial charge in [-0.1, -0.05) is 13.8 Å². The summed E-state index contributed by atoms with van der Waals surface area (Å²) in [6.45, 7) is 11.8. The van der Waals surface area contributed by atoms with Crippen molar-refractivity contribution in [1.82, 2.24) is 10.2 Å². The number of hydrogen-bond acceptors (Lipinski definition) is 6. The lowest BCUT2D eigenvalue weighted by Gasteiger charge is -2.45. The van der Waals surface area contributed by atoms with Crippen LogP contribution in [0.15, 0.2) is 0 Å². The van der Waals surface area contributed by atoms with Crippen LogP contribution >= 0.6 is 0 Å². The predicted octanol–water partition coefficient (Wildman–Crippen LogP) is 2.48. The van der Waals surface area contributed by atoms with Gasteiger partial charge in [-0.15, -0.1) is 0 Å². The topological polar surface area (TPSA) is 102 Å². The van der Waals surface area contributed by atoms with Crippen LogP contribution in [0.25, 0.3) is 0 Å². The van der Waals surface area contributed by atoms with Crippen LogP contribution in [0.4, 0.5) is 4.79 Å². The number of nitrogens with zero attached hydrogens (tertiary/aromatic N) is 1. The Balaban J connectivity index is 3.60. The lowest BCUT2D eigenvalue weighted by molar-refractivity contribution is -0.129. The Morgan fingerprint density at radius 1 is 1.17 bits per heavy atom. The number of likely N-dealkylation sites (tertiary alicyclic amines) is 1. The van der Waals surface area contributed by atoms with Crippen LogP contribution < -0.4 is 5.32 Å². The van der Waals surface area contributed by atoms with Crippen molar-refractivity contribution in [3.63, 3.8) is 0 Å². The molecule has 0 saturated carbocycles. The van der Waals surface area contributed by atoms with Gasteiger partial charge in [-0.2, -0.15) is 0 Å². The maximum atomic E-state index is 13.1. The van der Waals surface area contributed by atoms with E-state index in [0.29, 0.717) is 12.8 Å². The number of ether oxygens (including phenoxy) is 2. The molecule has 1 rings (SSSR count). The number of carbonyl (C=O) groups excluding carboxylic acids is 4. The molecule has 0 aromatic rings. The molecule has 0 radical (unpaired) electrons. The summed E-state index contributed by atoms with van der Waals surface area (Å²) in [5, 5.41) is 2.90. The summed E-state index contributed by atoms with van der Waals surface area (Å²) in [6.07, 6.45) is 1.34. The highest BCUT2D eigenvalue weighted by molar-refractivity contribution is 5.87. The van der Waals surface area contributed by atoms with E-state index in [0.717, 1.165) is 6.29 Å². The molecule has 1 saturated heterocycles. The average molecular weight is 413 g/mol. The first-order valence-electron chi connectivity index (χ1n) is 10.2. The Morgan fingerprint density at radius 3 is 2.07 bits per heavy atom. The zero-order valence-corrected chi connectivity index (χ0v) is 18.9. The quantitative estimate of drug-likeness (QED) is 0.615. The SMILES string of the molecule is CCC(CC)(OC)C(NC(C)=O)C1C(C=O)CC(C(C)=O)N1C(=O)OC(C)(C)C. The summed E-state index contributed by atoms with van der Waals surface area (Å²) < 4.78 is 11.4. The summed E-state index contributed by atoms with van der Waals surface area (Å²) >= 11 is 0. The van der Waals surface area contributed by atoms with E-state index >= 15 is 0 Å². The van der Waals surface area contributed by atoms with Crippen molar-refractivity contribution in [3.8, 4) is 0 Å². The van der Waals surface area contributed by atoms with Gasteiger partial charge in [0, 0.05) is 20.0 Å². The molecular weight excluding hydrogens is 376 g/mol. The standard InChI is InChI=1S/C21H36N2O6/c1-9-21(10-2,28-8)18(22-14(4)26)17-15(12-24)11-16(13(3)25)23(17)19(27)29-20(5,6)7/h12,15-18H,9-11H2,1-8H3,(H,22,26). The van der Waals surface area contributed by atoms with Gasteiger partial charge in [0.05, 0.1) is 23.7 Å². The van der Waals surface area contributed by atoms with Crippen molar-refractivity contribution in [1.29, 1.82) is 0 Å². The fraction of sp³-hybridized carbons (Fsp3) is 0.810. The second kappa shape index (κ2) is 9.69. The highest BCUT2D eigenvalue weighted by Gasteiger charge is 2.55. The number of amides is 2.